The first-order valence-corrected chi connectivity index (χ1v) is 9.03. The Kier molecular flexibility index (Phi) is 5.11. The van der Waals surface area contributed by atoms with E-state index in [1.165, 1.54) is 4.90 Å². The second-order valence-corrected chi connectivity index (χ2v) is 6.54. The number of carbonyl (C=O) groups excluding carboxylic acids is 2. The molecule has 0 saturated carbocycles. The number of amides is 3. The van der Waals surface area contributed by atoms with Crippen molar-refractivity contribution >= 4 is 11.9 Å². The van der Waals surface area contributed by atoms with Crippen molar-refractivity contribution in [1.29, 1.82) is 0 Å². The van der Waals surface area contributed by atoms with E-state index in [-0.39, 0.29) is 18.9 Å². The minimum atomic E-state index is -0.670. The van der Waals surface area contributed by atoms with E-state index in [0.29, 0.717) is 43.6 Å². The third-order valence-electron chi connectivity index (χ3n) is 4.61. The number of imide groups is 1. The molecule has 148 valence electrons. The summed E-state index contributed by atoms with van der Waals surface area (Å²) in [4.78, 5) is 26.3. The number of nitrogens with one attached hydrogen (secondary N) is 1. The lowest BCUT2D eigenvalue weighted by molar-refractivity contribution is -0.127. The number of benzene rings is 1. The Morgan fingerprint density at radius 3 is 3.00 bits per heavy atom. The van der Waals surface area contributed by atoms with Crippen LogP contribution in [0.25, 0.3) is 0 Å². The summed E-state index contributed by atoms with van der Waals surface area (Å²) in [5, 5.41) is 10.8. The molecule has 0 spiro atoms. The largest absolute Gasteiger partial charge is 0.486 e. The molecule has 0 radical (unpaired) electrons. The monoisotopic (exact) mass is 387 g/mol. The van der Waals surface area contributed by atoms with E-state index >= 15 is 0 Å². The van der Waals surface area contributed by atoms with Crippen molar-refractivity contribution < 1.29 is 23.8 Å². The van der Waals surface area contributed by atoms with Crippen LogP contribution in [0.4, 0.5) is 4.79 Å². The van der Waals surface area contributed by atoms with Crippen molar-refractivity contribution in [3.63, 3.8) is 0 Å². The van der Waals surface area contributed by atoms with Crippen LogP contribution in [0.15, 0.2) is 24.4 Å². The van der Waals surface area contributed by atoms with Gasteiger partial charge in [0.15, 0.2) is 11.5 Å². The van der Waals surface area contributed by atoms with Gasteiger partial charge < -0.3 is 19.5 Å². The summed E-state index contributed by atoms with van der Waals surface area (Å²) in [5.74, 6) is 0.907. The first kappa shape index (κ1) is 18.2. The lowest BCUT2D eigenvalue weighted by atomic mass is 10.1. The van der Waals surface area contributed by atoms with Gasteiger partial charge in [-0.05, 0) is 6.07 Å². The predicted octanol–water partition coefficient (Wildman–Crippen LogP) is 0.359. The number of urea groups is 1. The van der Waals surface area contributed by atoms with Gasteiger partial charge in [-0.25, -0.2) is 9.48 Å². The zero-order valence-electron chi connectivity index (χ0n) is 15.5. The van der Waals surface area contributed by atoms with Crippen LogP contribution >= 0.6 is 0 Å². The van der Waals surface area contributed by atoms with Gasteiger partial charge in [0, 0.05) is 25.3 Å². The highest BCUT2D eigenvalue weighted by molar-refractivity contribution is 6.04. The molecule has 1 fully saturated rings. The van der Waals surface area contributed by atoms with Crippen molar-refractivity contribution in [2.75, 3.05) is 26.9 Å². The van der Waals surface area contributed by atoms with Crippen LogP contribution in [0.2, 0.25) is 0 Å². The summed E-state index contributed by atoms with van der Waals surface area (Å²) < 4.78 is 17.9. The number of aromatic nitrogens is 3. The molecule has 1 N–H and O–H groups in total. The maximum Gasteiger partial charge on any atom is 0.325 e. The number of carbonyl (C=O) groups is 2. The van der Waals surface area contributed by atoms with Gasteiger partial charge in [-0.1, -0.05) is 17.3 Å². The number of rotatable bonds is 7. The van der Waals surface area contributed by atoms with Crippen LogP contribution in [0.1, 0.15) is 11.3 Å². The number of fused-ring (bicyclic) bond motifs is 1. The quantitative estimate of drug-likeness (QED) is 0.684. The van der Waals surface area contributed by atoms with Crippen molar-refractivity contribution in [3.8, 4) is 11.5 Å². The van der Waals surface area contributed by atoms with Gasteiger partial charge in [-0.2, -0.15) is 0 Å². The van der Waals surface area contributed by atoms with Crippen molar-refractivity contribution in [2.45, 2.75) is 25.6 Å². The summed E-state index contributed by atoms with van der Waals surface area (Å²) in [6, 6.07) is 4.34. The fourth-order valence-corrected chi connectivity index (χ4v) is 3.23. The van der Waals surface area contributed by atoms with E-state index in [0.717, 1.165) is 5.56 Å². The maximum absolute atomic E-state index is 12.8. The zero-order valence-corrected chi connectivity index (χ0v) is 15.5. The smallest absolute Gasteiger partial charge is 0.325 e. The predicted molar refractivity (Wildman–Crippen MR) is 95.9 cm³/mol. The lowest BCUT2D eigenvalue weighted by Crippen LogP contribution is -2.32. The van der Waals surface area contributed by atoms with Gasteiger partial charge in [0.1, 0.15) is 19.3 Å². The highest BCUT2D eigenvalue weighted by Crippen LogP contribution is 2.34. The van der Waals surface area contributed by atoms with Crippen LogP contribution in [-0.2, 0) is 29.0 Å². The normalized spacial score (nSPS) is 18.5. The first-order valence-electron chi connectivity index (χ1n) is 9.03. The first-order chi connectivity index (χ1) is 13.7. The molecular formula is C18H21N5O5. The molecule has 3 amide bonds. The molecule has 2 aromatic rings. The Bertz CT molecular complexity index is 883. The van der Waals surface area contributed by atoms with E-state index in [4.69, 9.17) is 14.2 Å². The summed E-state index contributed by atoms with van der Waals surface area (Å²) in [6.45, 7) is 2.12. The highest BCUT2D eigenvalue weighted by Gasteiger charge is 2.39. The van der Waals surface area contributed by atoms with Gasteiger partial charge in [0.25, 0.3) is 5.91 Å². The van der Waals surface area contributed by atoms with E-state index < -0.39 is 12.1 Å². The topological polar surface area (TPSA) is 108 Å². The van der Waals surface area contributed by atoms with Crippen LogP contribution in [-0.4, -0.2) is 64.8 Å². The Labute approximate surface area is 161 Å². The van der Waals surface area contributed by atoms with E-state index in [1.807, 2.05) is 12.1 Å². The van der Waals surface area contributed by atoms with Gasteiger partial charge in [0.05, 0.1) is 25.4 Å². The second-order valence-electron chi connectivity index (χ2n) is 6.54. The molecule has 2 aliphatic rings. The molecule has 10 nitrogen and oxygen atoms in total. The Morgan fingerprint density at radius 1 is 1.29 bits per heavy atom. The molecular weight excluding hydrogens is 366 g/mol. The van der Waals surface area contributed by atoms with Crippen LogP contribution in [0, 0.1) is 0 Å². The molecule has 1 atom stereocenters. The number of hydrogen-bond donors (Lipinski definition) is 1. The minimum absolute atomic E-state index is 0.119. The third-order valence-corrected chi connectivity index (χ3v) is 4.61. The fourth-order valence-electron chi connectivity index (χ4n) is 3.23. The second kappa shape index (κ2) is 7.85. The molecule has 10 heteroatoms. The molecule has 0 unspecified atom stereocenters. The minimum Gasteiger partial charge on any atom is -0.486 e. The molecule has 1 aromatic heterocycles. The van der Waals surface area contributed by atoms with Gasteiger partial charge in [-0.15, -0.1) is 5.10 Å². The van der Waals surface area contributed by atoms with E-state index in [2.05, 4.69) is 15.6 Å². The van der Waals surface area contributed by atoms with Gasteiger partial charge >= 0.3 is 6.03 Å². The molecule has 4 rings (SSSR count). The van der Waals surface area contributed by atoms with Crippen LogP contribution in [0.3, 0.4) is 0 Å². The van der Waals surface area contributed by atoms with Crippen LogP contribution < -0.4 is 14.8 Å². The molecule has 3 heterocycles. The summed E-state index contributed by atoms with van der Waals surface area (Å²) in [7, 11) is 1.61. The number of methoxy groups -OCH3 is 1. The number of ether oxygens (including phenoxy) is 3. The average molecular weight is 387 g/mol. The maximum atomic E-state index is 12.8. The SMILES string of the molecule is COCCn1cc(C[C@@H]2NC(=O)N(Cc3cccc4c3OCCO4)C2=O)nn1. The Hall–Kier alpha value is -3.14. The van der Waals surface area contributed by atoms with Crippen molar-refractivity contribution in [1.82, 2.24) is 25.2 Å². The summed E-state index contributed by atoms with van der Waals surface area (Å²) >= 11 is 0. The standard InChI is InChI=1S/C18H21N5O5/c1-26-6-5-22-11-13(20-21-22)9-14-17(24)23(18(25)19-14)10-12-3-2-4-15-16(12)28-8-7-27-15/h2-4,11,14H,5-10H2,1H3,(H,19,25)/t14-/m0/s1. The molecule has 1 aromatic carbocycles. The van der Waals surface area contributed by atoms with E-state index in [9.17, 15) is 9.59 Å². The lowest BCUT2D eigenvalue weighted by Gasteiger charge is -2.22. The molecule has 0 bridgehead atoms. The summed E-state index contributed by atoms with van der Waals surface area (Å²) in [5.41, 5.74) is 1.36. The number of para-hydroxylation sites is 1. The van der Waals surface area contributed by atoms with Crippen molar-refractivity contribution in [2.24, 2.45) is 0 Å². The van der Waals surface area contributed by atoms with Crippen LogP contribution in [0.5, 0.6) is 11.5 Å². The highest BCUT2D eigenvalue weighted by atomic mass is 16.6. The Balaban J connectivity index is 1.44. The summed E-state index contributed by atoms with van der Waals surface area (Å²) in [6.07, 6.45) is 2.03. The number of nitrogens with zero attached hydrogens (tertiary/aromatic N) is 4. The zero-order chi connectivity index (χ0) is 19.5. The van der Waals surface area contributed by atoms with Crippen molar-refractivity contribution in [3.05, 3.63) is 35.7 Å². The fraction of sp³-hybridized carbons (Fsp3) is 0.444. The van der Waals surface area contributed by atoms with Gasteiger partial charge in [0.2, 0.25) is 0 Å². The molecule has 2 aliphatic heterocycles. The molecule has 1 saturated heterocycles. The number of hydrogen-bond acceptors (Lipinski definition) is 7. The van der Waals surface area contributed by atoms with E-state index in [1.54, 1.807) is 24.1 Å². The third kappa shape index (κ3) is 3.63. The average Bonchev–Trinajstić information content (AvgIpc) is 3.26. The molecule has 28 heavy (non-hydrogen) atoms. The Morgan fingerprint density at radius 2 is 2.14 bits per heavy atom. The molecule has 0 aliphatic carbocycles. The van der Waals surface area contributed by atoms with Gasteiger partial charge in [-0.3, -0.25) is 9.69 Å².